The fourth-order valence-electron chi connectivity index (χ4n) is 2.25. The molecule has 0 unspecified atom stereocenters. The van der Waals surface area contributed by atoms with E-state index in [0.717, 1.165) is 15.7 Å². The van der Waals surface area contributed by atoms with E-state index in [0.29, 0.717) is 5.56 Å². The molecular formula is C17H15BrN4O. The normalized spacial score (nSPS) is 11.9. The zero-order chi connectivity index (χ0) is 16.2. The summed E-state index contributed by atoms with van der Waals surface area (Å²) in [5.74, 6) is -0.0980. The van der Waals surface area contributed by atoms with Crippen molar-refractivity contribution in [1.29, 1.82) is 0 Å². The fourth-order valence-corrected chi connectivity index (χ4v) is 2.65. The largest absolute Gasteiger partial charge is 0.346 e. The van der Waals surface area contributed by atoms with E-state index >= 15 is 0 Å². The van der Waals surface area contributed by atoms with Crippen molar-refractivity contribution >= 4 is 21.8 Å². The maximum absolute atomic E-state index is 12.3. The third-order valence-electron chi connectivity index (χ3n) is 3.51. The van der Waals surface area contributed by atoms with E-state index in [4.69, 9.17) is 0 Å². The van der Waals surface area contributed by atoms with Crippen molar-refractivity contribution < 1.29 is 4.79 Å². The van der Waals surface area contributed by atoms with Crippen molar-refractivity contribution in [2.45, 2.75) is 13.0 Å². The molecule has 5 nitrogen and oxygen atoms in total. The first-order chi connectivity index (χ1) is 11.1. The second-order valence-electron chi connectivity index (χ2n) is 5.14. The van der Waals surface area contributed by atoms with Gasteiger partial charge >= 0.3 is 0 Å². The molecule has 116 valence electrons. The summed E-state index contributed by atoms with van der Waals surface area (Å²) in [7, 11) is 0. The minimum absolute atomic E-state index is 0.0914. The highest BCUT2D eigenvalue weighted by Gasteiger charge is 2.12. The summed E-state index contributed by atoms with van der Waals surface area (Å²) in [5.41, 5.74) is 2.58. The predicted molar refractivity (Wildman–Crippen MR) is 91.4 cm³/mol. The molecule has 1 aromatic heterocycles. The Kier molecular flexibility index (Phi) is 4.52. The van der Waals surface area contributed by atoms with Crippen molar-refractivity contribution in [1.82, 2.24) is 20.1 Å². The quantitative estimate of drug-likeness (QED) is 0.764. The number of aromatic nitrogens is 3. The Morgan fingerprint density at radius 1 is 1.22 bits per heavy atom. The number of nitrogens with one attached hydrogen (secondary N) is 1. The molecule has 1 atom stereocenters. The van der Waals surface area contributed by atoms with E-state index in [1.807, 2.05) is 43.3 Å². The van der Waals surface area contributed by atoms with Gasteiger partial charge in [-0.1, -0.05) is 34.1 Å². The molecule has 1 heterocycles. The molecule has 3 rings (SSSR count). The molecule has 1 amide bonds. The van der Waals surface area contributed by atoms with Crippen LogP contribution in [0.15, 0.2) is 65.7 Å². The molecule has 6 heteroatoms. The first kappa shape index (κ1) is 15.4. The first-order valence-electron chi connectivity index (χ1n) is 7.15. The highest BCUT2D eigenvalue weighted by molar-refractivity contribution is 9.10. The van der Waals surface area contributed by atoms with Crippen LogP contribution in [0.1, 0.15) is 28.9 Å². The number of amides is 1. The molecule has 0 saturated carbocycles. The van der Waals surface area contributed by atoms with Crippen LogP contribution in [-0.2, 0) is 0 Å². The van der Waals surface area contributed by atoms with Gasteiger partial charge in [0.05, 0.1) is 11.7 Å². The number of benzene rings is 2. The van der Waals surface area contributed by atoms with Gasteiger partial charge in [0.2, 0.25) is 0 Å². The molecule has 0 spiro atoms. The lowest BCUT2D eigenvalue weighted by molar-refractivity contribution is 0.0940. The Labute approximate surface area is 142 Å². The Morgan fingerprint density at radius 2 is 2.00 bits per heavy atom. The van der Waals surface area contributed by atoms with Crippen LogP contribution in [0, 0.1) is 0 Å². The number of hydrogen-bond donors (Lipinski definition) is 1. The standard InChI is InChI=1S/C17H15BrN4O/c1-12(21-17(23)14-3-2-4-15(18)9-14)13-5-7-16(8-6-13)22-11-19-10-20-22/h2-12H,1H3,(H,21,23)/t12-/m1/s1. The van der Waals surface area contributed by atoms with Crippen molar-refractivity contribution in [2.75, 3.05) is 0 Å². The lowest BCUT2D eigenvalue weighted by Gasteiger charge is -2.15. The zero-order valence-electron chi connectivity index (χ0n) is 12.5. The van der Waals surface area contributed by atoms with Crippen LogP contribution in [0.25, 0.3) is 5.69 Å². The molecule has 0 bridgehead atoms. The van der Waals surface area contributed by atoms with Gasteiger partial charge in [-0.2, -0.15) is 5.10 Å². The Morgan fingerprint density at radius 3 is 2.65 bits per heavy atom. The average molecular weight is 371 g/mol. The summed E-state index contributed by atoms with van der Waals surface area (Å²) >= 11 is 3.38. The summed E-state index contributed by atoms with van der Waals surface area (Å²) in [4.78, 5) is 16.2. The summed E-state index contributed by atoms with van der Waals surface area (Å²) in [5, 5.41) is 7.09. The molecule has 0 aliphatic rings. The van der Waals surface area contributed by atoms with E-state index in [-0.39, 0.29) is 11.9 Å². The lowest BCUT2D eigenvalue weighted by Crippen LogP contribution is -2.26. The van der Waals surface area contributed by atoms with Crippen LogP contribution in [0.5, 0.6) is 0 Å². The average Bonchev–Trinajstić information content (AvgIpc) is 3.09. The number of rotatable bonds is 4. The molecule has 0 radical (unpaired) electrons. The molecule has 3 aromatic rings. The van der Waals surface area contributed by atoms with Crippen molar-refractivity contribution in [3.63, 3.8) is 0 Å². The van der Waals surface area contributed by atoms with Gasteiger partial charge in [0.25, 0.3) is 5.91 Å². The molecular weight excluding hydrogens is 356 g/mol. The van der Waals surface area contributed by atoms with Gasteiger partial charge in [-0.25, -0.2) is 9.67 Å². The second-order valence-corrected chi connectivity index (χ2v) is 6.05. The zero-order valence-corrected chi connectivity index (χ0v) is 14.1. The number of carbonyl (C=O) groups is 1. The Bertz CT molecular complexity index is 800. The number of nitrogens with zero attached hydrogens (tertiary/aromatic N) is 3. The van der Waals surface area contributed by atoms with E-state index < -0.39 is 0 Å². The molecule has 0 fully saturated rings. The first-order valence-corrected chi connectivity index (χ1v) is 7.94. The van der Waals surface area contributed by atoms with Gasteiger partial charge in [-0.05, 0) is 42.8 Å². The molecule has 2 aromatic carbocycles. The maximum Gasteiger partial charge on any atom is 0.251 e. The van der Waals surface area contributed by atoms with Crippen molar-refractivity contribution in [2.24, 2.45) is 0 Å². The van der Waals surface area contributed by atoms with Gasteiger partial charge in [0.1, 0.15) is 12.7 Å². The Hall–Kier alpha value is -2.47. The van der Waals surface area contributed by atoms with Gasteiger partial charge in [-0.3, -0.25) is 4.79 Å². The SMILES string of the molecule is C[C@@H](NC(=O)c1cccc(Br)c1)c1ccc(-n2cncn2)cc1. The van der Waals surface area contributed by atoms with Crippen molar-refractivity contribution in [3.8, 4) is 5.69 Å². The number of halogens is 1. The third kappa shape index (κ3) is 3.65. The minimum atomic E-state index is -0.0980. The molecule has 0 aliphatic heterocycles. The summed E-state index contributed by atoms with van der Waals surface area (Å²) in [6.07, 6.45) is 3.14. The molecule has 0 aliphatic carbocycles. The molecule has 23 heavy (non-hydrogen) atoms. The molecule has 0 saturated heterocycles. The fraction of sp³-hybridized carbons (Fsp3) is 0.118. The number of hydrogen-bond acceptors (Lipinski definition) is 3. The number of carbonyl (C=O) groups excluding carboxylic acids is 1. The van der Waals surface area contributed by atoms with Gasteiger partial charge < -0.3 is 5.32 Å². The van der Waals surface area contributed by atoms with E-state index in [2.05, 4.69) is 31.3 Å². The van der Waals surface area contributed by atoms with Crippen LogP contribution in [-0.4, -0.2) is 20.7 Å². The molecule has 1 N–H and O–H groups in total. The smallest absolute Gasteiger partial charge is 0.251 e. The lowest BCUT2D eigenvalue weighted by atomic mass is 10.1. The van der Waals surface area contributed by atoms with Crippen molar-refractivity contribution in [3.05, 3.63) is 76.8 Å². The highest BCUT2D eigenvalue weighted by atomic mass is 79.9. The highest BCUT2D eigenvalue weighted by Crippen LogP contribution is 2.17. The summed E-state index contributed by atoms with van der Waals surface area (Å²) in [6, 6.07) is 15.1. The monoisotopic (exact) mass is 370 g/mol. The van der Waals surface area contributed by atoms with Crippen LogP contribution in [0.2, 0.25) is 0 Å². The maximum atomic E-state index is 12.3. The topological polar surface area (TPSA) is 59.8 Å². The van der Waals surface area contributed by atoms with Crippen LogP contribution < -0.4 is 5.32 Å². The second kappa shape index (κ2) is 6.75. The van der Waals surface area contributed by atoms with Crippen LogP contribution >= 0.6 is 15.9 Å². The van der Waals surface area contributed by atoms with Gasteiger partial charge in [0.15, 0.2) is 0 Å². The van der Waals surface area contributed by atoms with E-state index in [1.54, 1.807) is 23.1 Å². The van der Waals surface area contributed by atoms with E-state index in [9.17, 15) is 4.79 Å². The summed E-state index contributed by atoms with van der Waals surface area (Å²) in [6.45, 7) is 1.96. The third-order valence-corrected chi connectivity index (χ3v) is 4.00. The van der Waals surface area contributed by atoms with Crippen LogP contribution in [0.3, 0.4) is 0 Å². The van der Waals surface area contributed by atoms with Gasteiger partial charge in [-0.15, -0.1) is 0 Å². The Balaban J connectivity index is 1.70. The van der Waals surface area contributed by atoms with Crippen LogP contribution in [0.4, 0.5) is 0 Å². The van der Waals surface area contributed by atoms with E-state index in [1.165, 1.54) is 6.33 Å². The summed E-state index contributed by atoms with van der Waals surface area (Å²) < 4.78 is 2.57. The predicted octanol–water partition coefficient (Wildman–Crippen LogP) is 3.52. The minimum Gasteiger partial charge on any atom is -0.346 e. The van der Waals surface area contributed by atoms with Gasteiger partial charge in [0, 0.05) is 10.0 Å².